The van der Waals surface area contributed by atoms with E-state index in [-0.39, 0.29) is 4.90 Å². The highest BCUT2D eigenvalue weighted by Crippen LogP contribution is 2.23. The van der Waals surface area contributed by atoms with Gasteiger partial charge in [0.05, 0.1) is 10.4 Å². The molecule has 0 aliphatic heterocycles. The molecular formula is C15H14N2O3S. The third kappa shape index (κ3) is 2.44. The molecule has 0 aliphatic rings. The maximum Gasteiger partial charge on any atom is 0.268 e. The number of benzene rings is 2. The molecule has 1 aromatic heterocycles. The number of nitrogens with zero attached hydrogens (tertiary/aromatic N) is 1. The van der Waals surface area contributed by atoms with Crippen LogP contribution in [-0.2, 0) is 16.6 Å². The monoisotopic (exact) mass is 302 g/mol. The van der Waals surface area contributed by atoms with Crippen LogP contribution in [0.2, 0.25) is 0 Å². The molecule has 0 fully saturated rings. The van der Waals surface area contributed by atoms with Crippen molar-refractivity contribution >= 4 is 20.9 Å². The van der Waals surface area contributed by atoms with Crippen molar-refractivity contribution in [3.05, 3.63) is 66.4 Å². The molecule has 2 aromatic carbocycles. The molecule has 0 bridgehead atoms. The van der Waals surface area contributed by atoms with Gasteiger partial charge in [0, 0.05) is 18.1 Å². The molecule has 0 atom stereocenters. The van der Waals surface area contributed by atoms with Gasteiger partial charge >= 0.3 is 0 Å². The van der Waals surface area contributed by atoms with E-state index in [0.29, 0.717) is 12.1 Å². The first-order chi connectivity index (χ1) is 10.1. The van der Waals surface area contributed by atoms with E-state index < -0.39 is 10.0 Å². The van der Waals surface area contributed by atoms with E-state index in [0.717, 1.165) is 10.9 Å². The van der Waals surface area contributed by atoms with Gasteiger partial charge in [0.1, 0.15) is 0 Å². The van der Waals surface area contributed by atoms with E-state index in [4.69, 9.17) is 5.21 Å². The van der Waals surface area contributed by atoms with E-state index in [2.05, 4.69) is 5.48 Å². The second-order valence-electron chi connectivity index (χ2n) is 4.66. The van der Waals surface area contributed by atoms with Crippen LogP contribution in [0, 0.1) is 0 Å². The van der Waals surface area contributed by atoms with E-state index in [9.17, 15) is 8.42 Å². The lowest BCUT2D eigenvalue weighted by molar-refractivity contribution is 0.161. The molecular weight excluding hydrogens is 288 g/mol. The van der Waals surface area contributed by atoms with Crippen LogP contribution in [-0.4, -0.2) is 17.6 Å². The number of hydroxylamine groups is 1. The number of aromatic nitrogens is 1. The van der Waals surface area contributed by atoms with Crippen LogP contribution >= 0.6 is 0 Å². The minimum Gasteiger partial charge on any atom is -0.316 e. The molecule has 0 amide bonds. The predicted octanol–water partition coefficient (Wildman–Crippen LogP) is 2.36. The zero-order chi connectivity index (χ0) is 14.9. The van der Waals surface area contributed by atoms with Crippen LogP contribution in [0.3, 0.4) is 0 Å². The summed E-state index contributed by atoms with van der Waals surface area (Å²) in [6.07, 6.45) is 1.54. The van der Waals surface area contributed by atoms with Crippen LogP contribution in [0.4, 0.5) is 0 Å². The van der Waals surface area contributed by atoms with Crippen molar-refractivity contribution < 1.29 is 13.6 Å². The summed E-state index contributed by atoms with van der Waals surface area (Å²) < 4.78 is 26.5. The second-order valence-corrected chi connectivity index (χ2v) is 6.47. The number of hydrogen-bond acceptors (Lipinski definition) is 4. The molecule has 108 valence electrons. The Bertz CT molecular complexity index is 870. The average molecular weight is 302 g/mol. The van der Waals surface area contributed by atoms with Crippen molar-refractivity contribution in [2.75, 3.05) is 0 Å². The first-order valence-electron chi connectivity index (χ1n) is 6.40. The van der Waals surface area contributed by atoms with Gasteiger partial charge in [-0.2, -0.15) is 0 Å². The first-order valence-corrected chi connectivity index (χ1v) is 7.84. The predicted molar refractivity (Wildman–Crippen MR) is 79.6 cm³/mol. The summed E-state index contributed by atoms with van der Waals surface area (Å²) in [6.45, 7) is 0.312. The van der Waals surface area contributed by atoms with Crippen molar-refractivity contribution in [1.82, 2.24) is 9.45 Å². The lowest BCUT2D eigenvalue weighted by Crippen LogP contribution is -2.11. The number of fused-ring (bicyclic) bond motifs is 1. The normalized spacial score (nSPS) is 11.9. The molecule has 0 radical (unpaired) electrons. The Morgan fingerprint density at radius 3 is 2.52 bits per heavy atom. The Morgan fingerprint density at radius 2 is 1.81 bits per heavy atom. The molecule has 21 heavy (non-hydrogen) atoms. The maximum absolute atomic E-state index is 12.6. The summed E-state index contributed by atoms with van der Waals surface area (Å²) in [5.41, 5.74) is 3.57. The fourth-order valence-corrected chi connectivity index (χ4v) is 3.66. The highest BCUT2D eigenvalue weighted by Gasteiger charge is 2.18. The molecule has 0 unspecified atom stereocenters. The summed E-state index contributed by atoms with van der Waals surface area (Å²) in [4.78, 5) is 0.253. The number of nitrogens with one attached hydrogen (secondary N) is 1. The summed E-state index contributed by atoms with van der Waals surface area (Å²) in [5, 5.41) is 9.53. The third-order valence-electron chi connectivity index (χ3n) is 3.30. The number of rotatable bonds is 4. The van der Waals surface area contributed by atoms with Gasteiger partial charge in [-0.3, -0.25) is 0 Å². The van der Waals surface area contributed by atoms with E-state index in [1.165, 1.54) is 3.97 Å². The van der Waals surface area contributed by atoms with E-state index >= 15 is 0 Å². The van der Waals surface area contributed by atoms with E-state index in [1.54, 1.807) is 54.7 Å². The zero-order valence-corrected chi connectivity index (χ0v) is 11.9. The van der Waals surface area contributed by atoms with E-state index in [1.807, 2.05) is 6.07 Å². The van der Waals surface area contributed by atoms with Gasteiger partial charge < -0.3 is 5.21 Å². The minimum atomic E-state index is -3.60. The van der Waals surface area contributed by atoms with Gasteiger partial charge in [0.2, 0.25) is 0 Å². The highest BCUT2D eigenvalue weighted by atomic mass is 32.2. The van der Waals surface area contributed by atoms with Crippen molar-refractivity contribution in [2.45, 2.75) is 11.4 Å². The molecule has 0 aliphatic carbocycles. The highest BCUT2D eigenvalue weighted by molar-refractivity contribution is 7.90. The molecule has 6 heteroatoms. The van der Waals surface area contributed by atoms with Crippen LogP contribution in [0.15, 0.2) is 65.7 Å². The Morgan fingerprint density at radius 1 is 1.05 bits per heavy atom. The Labute approximate surface area is 122 Å². The van der Waals surface area contributed by atoms with Gasteiger partial charge in [0.15, 0.2) is 0 Å². The van der Waals surface area contributed by atoms with Gasteiger partial charge in [-0.15, -0.1) is 0 Å². The fourth-order valence-electron chi connectivity index (χ4n) is 2.28. The van der Waals surface area contributed by atoms with Crippen molar-refractivity contribution in [3.8, 4) is 0 Å². The molecule has 2 N–H and O–H groups in total. The number of hydrogen-bond donors (Lipinski definition) is 2. The topological polar surface area (TPSA) is 71.3 Å². The SMILES string of the molecule is O=S(=O)(c1ccccc1)n1ccc2cc(CNO)ccc21. The van der Waals surface area contributed by atoms with Gasteiger partial charge in [-0.25, -0.2) is 17.9 Å². The van der Waals surface area contributed by atoms with Gasteiger partial charge in [-0.1, -0.05) is 24.3 Å². The lowest BCUT2D eigenvalue weighted by atomic mass is 10.1. The average Bonchev–Trinajstić information content (AvgIpc) is 2.92. The van der Waals surface area contributed by atoms with Crippen molar-refractivity contribution in [1.29, 1.82) is 0 Å². The first kappa shape index (κ1) is 13.8. The smallest absolute Gasteiger partial charge is 0.268 e. The summed E-state index contributed by atoms with van der Waals surface area (Å²) in [5.74, 6) is 0. The molecule has 0 spiro atoms. The van der Waals surface area contributed by atoms with Crippen molar-refractivity contribution in [2.24, 2.45) is 0 Å². The molecule has 3 rings (SSSR count). The second kappa shape index (κ2) is 5.33. The molecule has 5 nitrogen and oxygen atoms in total. The molecule has 1 heterocycles. The standard InChI is InChI=1S/C15H14N2O3S/c18-16-11-12-6-7-15-13(10-12)8-9-17(15)21(19,20)14-4-2-1-3-5-14/h1-10,16,18H,11H2. The zero-order valence-electron chi connectivity index (χ0n) is 11.1. The summed E-state index contributed by atoms with van der Waals surface area (Å²) in [6, 6.07) is 15.4. The van der Waals surface area contributed by atoms with Gasteiger partial charge in [0.25, 0.3) is 10.0 Å². The van der Waals surface area contributed by atoms with Crippen molar-refractivity contribution in [3.63, 3.8) is 0 Å². The third-order valence-corrected chi connectivity index (χ3v) is 5.01. The Kier molecular flexibility index (Phi) is 3.50. The quantitative estimate of drug-likeness (QED) is 0.726. The van der Waals surface area contributed by atoms with Gasteiger partial charge in [-0.05, 0) is 35.9 Å². The fraction of sp³-hybridized carbons (Fsp3) is 0.0667. The van der Waals surface area contributed by atoms with Crippen LogP contribution in [0.5, 0.6) is 0 Å². The Hall–Kier alpha value is -2.15. The summed E-state index contributed by atoms with van der Waals surface area (Å²) >= 11 is 0. The maximum atomic E-state index is 12.6. The molecule has 0 saturated carbocycles. The van der Waals surface area contributed by atoms with Crippen LogP contribution in [0.1, 0.15) is 5.56 Å². The Balaban J connectivity index is 2.13. The summed E-state index contributed by atoms with van der Waals surface area (Å²) in [7, 11) is -3.60. The van der Waals surface area contributed by atoms with Crippen LogP contribution < -0.4 is 5.48 Å². The minimum absolute atomic E-state index is 0.253. The largest absolute Gasteiger partial charge is 0.316 e. The van der Waals surface area contributed by atoms with Crippen LogP contribution in [0.25, 0.3) is 10.9 Å². The molecule has 3 aromatic rings. The lowest BCUT2D eigenvalue weighted by Gasteiger charge is -2.08. The molecule has 0 saturated heterocycles.